The van der Waals surface area contributed by atoms with Crippen LogP contribution in [0.1, 0.15) is 52.9 Å². The summed E-state index contributed by atoms with van der Waals surface area (Å²) in [4.78, 5) is 0. The zero-order valence-electron chi connectivity index (χ0n) is 9.42. The van der Waals surface area contributed by atoms with Crippen LogP contribution in [0, 0.1) is 29.6 Å². The van der Waals surface area contributed by atoms with Gasteiger partial charge in [0.15, 0.2) is 0 Å². The van der Waals surface area contributed by atoms with Crippen molar-refractivity contribution in [2.75, 3.05) is 0 Å². The van der Waals surface area contributed by atoms with Crippen molar-refractivity contribution in [2.45, 2.75) is 52.9 Å². The van der Waals surface area contributed by atoms with Crippen molar-refractivity contribution < 1.29 is 0 Å². The van der Waals surface area contributed by atoms with E-state index in [-0.39, 0.29) is 0 Å². The highest BCUT2D eigenvalue weighted by Gasteiger charge is 2.37. The van der Waals surface area contributed by atoms with E-state index in [1.807, 2.05) is 0 Å². The largest absolute Gasteiger partial charge is 0.0625 e. The molecule has 2 rings (SSSR count). The van der Waals surface area contributed by atoms with Crippen molar-refractivity contribution in [2.24, 2.45) is 29.6 Å². The summed E-state index contributed by atoms with van der Waals surface area (Å²) in [5, 5.41) is 0. The van der Waals surface area contributed by atoms with Gasteiger partial charge < -0.3 is 0 Å². The molecule has 2 saturated carbocycles. The van der Waals surface area contributed by atoms with Crippen LogP contribution < -0.4 is 0 Å². The van der Waals surface area contributed by atoms with Gasteiger partial charge in [0.05, 0.1) is 0 Å². The lowest BCUT2D eigenvalue weighted by atomic mass is 9.61. The molecule has 0 nitrogen and oxygen atoms in total. The molecule has 0 saturated heterocycles. The summed E-state index contributed by atoms with van der Waals surface area (Å²) in [6.07, 6.45) is 7.58. The molecule has 5 atom stereocenters. The topological polar surface area (TPSA) is 0 Å². The fourth-order valence-corrected chi connectivity index (χ4v) is 3.71. The van der Waals surface area contributed by atoms with Gasteiger partial charge in [-0.05, 0) is 48.9 Å². The number of hydrogen-bond acceptors (Lipinski definition) is 0. The Hall–Kier alpha value is 0. The molecule has 0 unspecified atom stereocenters. The van der Waals surface area contributed by atoms with Gasteiger partial charge in [-0.1, -0.05) is 33.6 Å². The second kappa shape index (κ2) is 3.63. The van der Waals surface area contributed by atoms with E-state index >= 15 is 0 Å². The lowest BCUT2D eigenvalue weighted by Gasteiger charge is -2.45. The van der Waals surface area contributed by atoms with E-state index in [4.69, 9.17) is 0 Å². The van der Waals surface area contributed by atoms with Gasteiger partial charge >= 0.3 is 0 Å². The van der Waals surface area contributed by atoms with Crippen LogP contribution in [0.5, 0.6) is 0 Å². The predicted octanol–water partition coefficient (Wildman–Crippen LogP) is 4.10. The first-order valence-corrected chi connectivity index (χ1v) is 6.18. The maximum Gasteiger partial charge on any atom is -0.0357 e. The molecule has 2 aliphatic carbocycles. The molecule has 0 radical (unpaired) electrons. The van der Waals surface area contributed by atoms with Crippen LogP contribution in [0.4, 0.5) is 0 Å². The normalized spacial score (nSPS) is 51.5. The van der Waals surface area contributed by atoms with Gasteiger partial charge in [-0.25, -0.2) is 0 Å². The summed E-state index contributed by atoms with van der Waals surface area (Å²) in [7, 11) is 0. The minimum absolute atomic E-state index is 0.995. The van der Waals surface area contributed by atoms with Gasteiger partial charge in [-0.2, -0.15) is 0 Å². The quantitative estimate of drug-likeness (QED) is 0.526. The minimum Gasteiger partial charge on any atom is -0.0625 e. The van der Waals surface area contributed by atoms with Gasteiger partial charge in [0.25, 0.3) is 0 Å². The highest BCUT2D eigenvalue weighted by molar-refractivity contribution is 4.87. The Labute approximate surface area is 83.1 Å². The van der Waals surface area contributed by atoms with Gasteiger partial charge in [0, 0.05) is 0 Å². The molecule has 2 aliphatic rings. The highest BCUT2D eigenvalue weighted by atomic mass is 14.4. The Balaban J connectivity index is 2.02. The first kappa shape index (κ1) is 9.55. The second-order valence-corrected chi connectivity index (χ2v) is 5.76. The number of rotatable bonds is 0. The van der Waals surface area contributed by atoms with E-state index in [2.05, 4.69) is 20.8 Å². The molecule has 0 aromatic rings. The van der Waals surface area contributed by atoms with Crippen LogP contribution in [0.15, 0.2) is 0 Å². The van der Waals surface area contributed by atoms with Gasteiger partial charge in [0.2, 0.25) is 0 Å². The molecule has 0 amide bonds. The van der Waals surface area contributed by atoms with Gasteiger partial charge in [0.1, 0.15) is 0 Å². The van der Waals surface area contributed by atoms with Gasteiger partial charge in [-0.15, -0.1) is 0 Å². The average Bonchev–Trinajstić information content (AvgIpc) is 2.12. The third-order valence-electron chi connectivity index (χ3n) is 4.87. The van der Waals surface area contributed by atoms with Crippen LogP contribution in [0.3, 0.4) is 0 Å². The molecule has 0 spiro atoms. The van der Waals surface area contributed by atoms with E-state index in [9.17, 15) is 0 Å². The van der Waals surface area contributed by atoms with E-state index < -0.39 is 0 Å². The van der Waals surface area contributed by atoms with Crippen molar-refractivity contribution in [3.05, 3.63) is 0 Å². The summed E-state index contributed by atoms with van der Waals surface area (Å²) < 4.78 is 0. The summed E-state index contributed by atoms with van der Waals surface area (Å²) in [5.41, 5.74) is 0. The average molecular weight is 180 g/mol. The Morgan fingerprint density at radius 2 is 1.62 bits per heavy atom. The number of fused-ring (bicyclic) bond motifs is 1. The summed E-state index contributed by atoms with van der Waals surface area (Å²) in [6, 6.07) is 0. The molecule has 13 heavy (non-hydrogen) atoms. The van der Waals surface area contributed by atoms with Crippen LogP contribution in [-0.4, -0.2) is 0 Å². The Kier molecular flexibility index (Phi) is 2.67. The second-order valence-electron chi connectivity index (χ2n) is 5.76. The number of hydrogen-bond donors (Lipinski definition) is 0. The first-order chi connectivity index (χ1) is 6.18. The van der Waals surface area contributed by atoms with E-state index in [1.165, 1.54) is 32.1 Å². The van der Waals surface area contributed by atoms with Crippen LogP contribution >= 0.6 is 0 Å². The molecule has 76 valence electrons. The van der Waals surface area contributed by atoms with Crippen molar-refractivity contribution in [3.8, 4) is 0 Å². The predicted molar refractivity (Wildman–Crippen MR) is 57.6 cm³/mol. The standard InChI is InChI=1S/C13H24/c1-9-4-7-13-11(3)10(2)5-6-12(13)8-9/h9-13H,4-8H2,1-3H3/t9-,10+,11-,12-,13+/m1/s1. The fourth-order valence-electron chi connectivity index (χ4n) is 3.71. The zero-order valence-corrected chi connectivity index (χ0v) is 9.42. The van der Waals surface area contributed by atoms with Crippen molar-refractivity contribution >= 4 is 0 Å². The Bertz CT molecular complexity index is 173. The maximum absolute atomic E-state index is 2.50. The van der Waals surface area contributed by atoms with Crippen LogP contribution in [-0.2, 0) is 0 Å². The molecule has 0 heterocycles. The molecular weight excluding hydrogens is 156 g/mol. The van der Waals surface area contributed by atoms with Gasteiger partial charge in [-0.3, -0.25) is 0 Å². The minimum atomic E-state index is 0.995. The Morgan fingerprint density at radius 1 is 0.846 bits per heavy atom. The lowest BCUT2D eigenvalue weighted by molar-refractivity contribution is 0.0543. The summed E-state index contributed by atoms with van der Waals surface area (Å²) >= 11 is 0. The molecule has 0 aliphatic heterocycles. The summed E-state index contributed by atoms with van der Waals surface area (Å²) in [6.45, 7) is 7.40. The maximum atomic E-state index is 2.50. The molecular formula is C13H24. The smallest absolute Gasteiger partial charge is 0.0357 e. The Morgan fingerprint density at radius 3 is 2.38 bits per heavy atom. The van der Waals surface area contributed by atoms with Crippen molar-refractivity contribution in [1.29, 1.82) is 0 Å². The fraction of sp³-hybridized carbons (Fsp3) is 1.00. The first-order valence-electron chi connectivity index (χ1n) is 6.18. The van der Waals surface area contributed by atoms with E-state index in [0.29, 0.717) is 0 Å². The SMILES string of the molecule is C[C@@H]1CC[C@@H]2[C@H](CC[C@H](C)[C@H]2C)C1. The van der Waals surface area contributed by atoms with E-state index in [0.717, 1.165) is 29.6 Å². The monoisotopic (exact) mass is 180 g/mol. The third kappa shape index (κ3) is 1.78. The molecule has 2 fully saturated rings. The van der Waals surface area contributed by atoms with E-state index in [1.54, 1.807) is 0 Å². The highest BCUT2D eigenvalue weighted by Crippen LogP contribution is 2.47. The van der Waals surface area contributed by atoms with Crippen molar-refractivity contribution in [3.63, 3.8) is 0 Å². The third-order valence-corrected chi connectivity index (χ3v) is 4.87. The molecule has 0 N–H and O–H groups in total. The lowest BCUT2D eigenvalue weighted by Crippen LogP contribution is -2.35. The zero-order chi connectivity index (χ0) is 9.42. The molecule has 0 heteroatoms. The van der Waals surface area contributed by atoms with Crippen molar-refractivity contribution in [1.82, 2.24) is 0 Å². The summed E-state index contributed by atoms with van der Waals surface area (Å²) in [5.74, 6) is 5.19. The molecule has 0 aromatic heterocycles. The molecule has 0 bridgehead atoms. The van der Waals surface area contributed by atoms with Crippen LogP contribution in [0.2, 0.25) is 0 Å². The van der Waals surface area contributed by atoms with Crippen LogP contribution in [0.25, 0.3) is 0 Å². The molecule has 0 aromatic carbocycles.